The average molecular weight is 360 g/mol. The molecule has 0 saturated carbocycles. The summed E-state index contributed by atoms with van der Waals surface area (Å²) in [6.45, 7) is 6.44. The minimum absolute atomic E-state index is 0.202. The van der Waals surface area contributed by atoms with Gasteiger partial charge in [0.05, 0.1) is 31.2 Å². The van der Waals surface area contributed by atoms with Crippen molar-refractivity contribution in [2.45, 2.75) is 26.8 Å². The van der Waals surface area contributed by atoms with Crippen molar-refractivity contribution in [1.82, 2.24) is 5.32 Å². The molecule has 118 valence electrons. The molecule has 0 aromatic heterocycles. The Balaban J connectivity index is 2.82. The smallest absolute Gasteiger partial charge is 0.308 e. The van der Waals surface area contributed by atoms with E-state index in [0.29, 0.717) is 18.1 Å². The summed E-state index contributed by atoms with van der Waals surface area (Å²) in [5.41, 5.74) is 1.10. The fraction of sp³-hybridized carbons (Fsp3) is 0.533. The molecule has 0 aliphatic rings. The fourth-order valence-corrected chi connectivity index (χ4v) is 2.34. The number of carbonyl (C=O) groups is 1. The molecule has 1 aromatic rings. The molecule has 0 fully saturated rings. The van der Waals surface area contributed by atoms with Gasteiger partial charge in [-0.2, -0.15) is 0 Å². The molecule has 0 bridgehead atoms. The first kappa shape index (κ1) is 17.8. The molecule has 0 radical (unpaired) electrons. The Bertz CT molecular complexity index is 465. The third-order valence-corrected chi connectivity index (χ3v) is 3.32. The maximum absolute atomic E-state index is 11.1. The Morgan fingerprint density at radius 2 is 2.05 bits per heavy atom. The summed E-state index contributed by atoms with van der Waals surface area (Å²) < 4.78 is 16.7. The molecule has 0 spiro atoms. The SMILES string of the molecule is CCNCc1cc(Br)c(OCCC(=O)OC)c(OCC)c1. The quantitative estimate of drug-likeness (QED) is 0.687. The third kappa shape index (κ3) is 5.93. The van der Waals surface area contributed by atoms with Crippen LogP contribution in [0.1, 0.15) is 25.8 Å². The highest BCUT2D eigenvalue weighted by atomic mass is 79.9. The van der Waals surface area contributed by atoms with Crippen molar-refractivity contribution < 1.29 is 19.0 Å². The van der Waals surface area contributed by atoms with E-state index in [1.54, 1.807) is 0 Å². The molecular formula is C15H22BrNO4. The Labute approximate surface area is 134 Å². The number of benzene rings is 1. The van der Waals surface area contributed by atoms with Crippen LogP contribution in [0.3, 0.4) is 0 Å². The third-order valence-electron chi connectivity index (χ3n) is 2.73. The number of carbonyl (C=O) groups excluding carboxylic acids is 1. The number of rotatable bonds is 9. The molecule has 0 atom stereocenters. The van der Waals surface area contributed by atoms with E-state index in [9.17, 15) is 4.79 Å². The zero-order valence-corrected chi connectivity index (χ0v) is 14.3. The van der Waals surface area contributed by atoms with Crippen LogP contribution in [0, 0.1) is 0 Å². The molecule has 0 aliphatic heterocycles. The fourth-order valence-electron chi connectivity index (χ4n) is 1.73. The molecule has 5 nitrogen and oxygen atoms in total. The minimum Gasteiger partial charge on any atom is -0.490 e. The van der Waals surface area contributed by atoms with Gasteiger partial charge in [-0.3, -0.25) is 4.79 Å². The van der Waals surface area contributed by atoms with Crippen molar-refractivity contribution in [3.63, 3.8) is 0 Å². The lowest BCUT2D eigenvalue weighted by Gasteiger charge is -2.15. The Morgan fingerprint density at radius 3 is 2.67 bits per heavy atom. The normalized spacial score (nSPS) is 10.3. The lowest BCUT2D eigenvalue weighted by molar-refractivity contribution is -0.141. The average Bonchev–Trinajstić information content (AvgIpc) is 2.47. The molecule has 0 saturated heterocycles. The van der Waals surface area contributed by atoms with Crippen LogP contribution in [0.25, 0.3) is 0 Å². The summed E-state index contributed by atoms with van der Waals surface area (Å²) >= 11 is 3.50. The number of hydrogen-bond acceptors (Lipinski definition) is 5. The zero-order chi connectivity index (χ0) is 15.7. The molecule has 0 unspecified atom stereocenters. The Morgan fingerprint density at radius 1 is 1.29 bits per heavy atom. The highest BCUT2D eigenvalue weighted by Crippen LogP contribution is 2.37. The van der Waals surface area contributed by atoms with Crippen molar-refractivity contribution >= 4 is 21.9 Å². The van der Waals surface area contributed by atoms with E-state index in [1.165, 1.54) is 7.11 Å². The van der Waals surface area contributed by atoms with Crippen molar-refractivity contribution in [3.05, 3.63) is 22.2 Å². The van der Waals surface area contributed by atoms with Crippen LogP contribution in [0.15, 0.2) is 16.6 Å². The van der Waals surface area contributed by atoms with Crippen molar-refractivity contribution in [2.75, 3.05) is 26.9 Å². The monoisotopic (exact) mass is 359 g/mol. The van der Waals surface area contributed by atoms with Gasteiger partial charge in [0.25, 0.3) is 0 Å². The van der Waals surface area contributed by atoms with E-state index in [0.717, 1.165) is 23.1 Å². The van der Waals surface area contributed by atoms with E-state index < -0.39 is 0 Å². The summed E-state index contributed by atoms with van der Waals surface area (Å²) in [7, 11) is 1.36. The number of halogens is 1. The number of methoxy groups -OCH3 is 1. The summed E-state index contributed by atoms with van der Waals surface area (Å²) in [5.74, 6) is 0.985. The molecule has 0 amide bonds. The minimum atomic E-state index is -0.298. The van der Waals surface area contributed by atoms with E-state index in [2.05, 4.69) is 32.9 Å². The molecule has 6 heteroatoms. The standard InChI is InChI=1S/C15H22BrNO4/c1-4-17-10-11-8-12(16)15(13(9-11)20-5-2)21-7-6-14(18)19-3/h8-9,17H,4-7,10H2,1-3H3. The maximum Gasteiger partial charge on any atom is 0.308 e. The Kier molecular flexibility index (Phi) is 8.15. The summed E-state index contributed by atoms with van der Waals surface area (Å²) in [4.78, 5) is 11.1. The second-order valence-electron chi connectivity index (χ2n) is 4.29. The van der Waals surface area contributed by atoms with Gasteiger partial charge in [0, 0.05) is 6.54 Å². The van der Waals surface area contributed by atoms with E-state index in [1.807, 2.05) is 19.1 Å². The predicted octanol–water partition coefficient (Wildman–Crippen LogP) is 2.90. The molecule has 0 heterocycles. The maximum atomic E-state index is 11.1. The lowest BCUT2D eigenvalue weighted by Crippen LogP contribution is -2.12. The van der Waals surface area contributed by atoms with Gasteiger partial charge in [0.1, 0.15) is 0 Å². The molecular weight excluding hydrogens is 338 g/mol. The van der Waals surface area contributed by atoms with Crippen LogP contribution in [-0.4, -0.2) is 32.8 Å². The largest absolute Gasteiger partial charge is 0.490 e. The van der Waals surface area contributed by atoms with Crippen LogP contribution in [-0.2, 0) is 16.1 Å². The van der Waals surface area contributed by atoms with Gasteiger partial charge >= 0.3 is 5.97 Å². The topological polar surface area (TPSA) is 56.8 Å². The lowest BCUT2D eigenvalue weighted by atomic mass is 10.2. The van der Waals surface area contributed by atoms with Crippen LogP contribution in [0.4, 0.5) is 0 Å². The van der Waals surface area contributed by atoms with Crippen molar-refractivity contribution in [1.29, 1.82) is 0 Å². The van der Waals surface area contributed by atoms with Gasteiger partial charge in [0.2, 0.25) is 0 Å². The van der Waals surface area contributed by atoms with Crippen molar-refractivity contribution in [3.8, 4) is 11.5 Å². The zero-order valence-electron chi connectivity index (χ0n) is 12.7. The molecule has 1 rings (SSSR count). The second kappa shape index (κ2) is 9.63. The molecule has 0 aliphatic carbocycles. The van der Waals surface area contributed by atoms with E-state index >= 15 is 0 Å². The van der Waals surface area contributed by atoms with Crippen LogP contribution in [0.2, 0.25) is 0 Å². The number of esters is 1. The summed E-state index contributed by atoms with van der Waals surface area (Å²) in [6, 6.07) is 3.93. The number of nitrogens with one attached hydrogen (secondary N) is 1. The first-order chi connectivity index (χ1) is 10.1. The van der Waals surface area contributed by atoms with Crippen LogP contribution in [0.5, 0.6) is 11.5 Å². The van der Waals surface area contributed by atoms with Gasteiger partial charge in [-0.15, -0.1) is 0 Å². The summed E-state index contributed by atoms with van der Waals surface area (Å²) in [6.07, 6.45) is 0.202. The van der Waals surface area contributed by atoms with Gasteiger partial charge in [-0.25, -0.2) is 0 Å². The highest BCUT2D eigenvalue weighted by Gasteiger charge is 2.13. The van der Waals surface area contributed by atoms with Crippen LogP contribution >= 0.6 is 15.9 Å². The number of ether oxygens (including phenoxy) is 3. The highest BCUT2D eigenvalue weighted by molar-refractivity contribution is 9.10. The van der Waals surface area contributed by atoms with Gasteiger partial charge in [-0.05, 0) is 47.1 Å². The first-order valence-corrected chi connectivity index (χ1v) is 7.77. The first-order valence-electron chi connectivity index (χ1n) is 6.97. The van der Waals surface area contributed by atoms with E-state index in [-0.39, 0.29) is 19.0 Å². The van der Waals surface area contributed by atoms with Crippen molar-refractivity contribution in [2.24, 2.45) is 0 Å². The van der Waals surface area contributed by atoms with Gasteiger partial charge in [0.15, 0.2) is 11.5 Å². The predicted molar refractivity (Wildman–Crippen MR) is 84.8 cm³/mol. The van der Waals surface area contributed by atoms with E-state index in [4.69, 9.17) is 9.47 Å². The number of hydrogen-bond donors (Lipinski definition) is 1. The van der Waals surface area contributed by atoms with Gasteiger partial charge in [-0.1, -0.05) is 6.92 Å². The van der Waals surface area contributed by atoms with Gasteiger partial charge < -0.3 is 19.5 Å². The molecule has 1 aromatic carbocycles. The molecule has 21 heavy (non-hydrogen) atoms. The summed E-state index contributed by atoms with van der Waals surface area (Å²) in [5, 5.41) is 3.27. The second-order valence-corrected chi connectivity index (χ2v) is 5.15. The molecule has 1 N–H and O–H groups in total. The van der Waals surface area contributed by atoms with Crippen LogP contribution < -0.4 is 14.8 Å². The Hall–Kier alpha value is -1.27.